The van der Waals surface area contributed by atoms with E-state index in [1.54, 1.807) is 53.8 Å². The summed E-state index contributed by atoms with van der Waals surface area (Å²) in [4.78, 5) is 30.3. The molecule has 0 aliphatic carbocycles. The molecule has 0 aromatic carbocycles. The number of carbonyl (C=O) groups excluding carboxylic acids is 2. The zero-order chi connectivity index (χ0) is 21.3. The smallest absolute Gasteiger partial charge is 0.424 e. The molecule has 2 aromatic rings. The number of amides is 2. The molecule has 10 heteroatoms. The van der Waals surface area contributed by atoms with E-state index in [0.29, 0.717) is 10.4 Å². The molecular formula is C18H22BrClN4O4. The molecule has 0 saturated carbocycles. The molecular weight excluding hydrogens is 452 g/mol. The van der Waals surface area contributed by atoms with Crippen LogP contribution in [0.15, 0.2) is 29.1 Å². The number of hydrogen-bond acceptors (Lipinski definition) is 6. The lowest BCUT2D eigenvalue weighted by atomic mass is 10.2. The van der Waals surface area contributed by atoms with Crippen LogP contribution in [0.25, 0.3) is 5.82 Å². The first-order valence-corrected chi connectivity index (χ1v) is 9.57. The normalized spacial score (nSPS) is 11.9. The summed E-state index contributed by atoms with van der Waals surface area (Å²) < 4.78 is 12.8. The molecule has 2 rings (SSSR count). The summed E-state index contributed by atoms with van der Waals surface area (Å²) in [6.07, 6.45) is 1.10. The molecule has 0 aliphatic heterocycles. The average Bonchev–Trinajstić information content (AvgIpc) is 2.89. The van der Waals surface area contributed by atoms with E-state index in [9.17, 15) is 9.59 Å². The predicted octanol–water partition coefficient (Wildman–Crippen LogP) is 5.36. The van der Waals surface area contributed by atoms with Crippen molar-refractivity contribution in [2.45, 2.75) is 52.7 Å². The first-order valence-electron chi connectivity index (χ1n) is 8.40. The average molecular weight is 474 g/mol. The van der Waals surface area contributed by atoms with E-state index in [0.717, 1.165) is 4.90 Å². The largest absolute Gasteiger partial charge is 0.443 e. The Bertz CT molecular complexity index is 858. The molecule has 2 aromatic heterocycles. The van der Waals surface area contributed by atoms with E-state index in [1.807, 2.05) is 0 Å². The van der Waals surface area contributed by atoms with Gasteiger partial charge in [0.15, 0.2) is 5.82 Å². The van der Waals surface area contributed by atoms with E-state index in [2.05, 4.69) is 26.0 Å². The number of aromatic nitrogens is 3. The molecule has 0 aliphatic rings. The molecule has 0 atom stereocenters. The van der Waals surface area contributed by atoms with Crippen molar-refractivity contribution in [1.29, 1.82) is 0 Å². The lowest BCUT2D eigenvalue weighted by Crippen LogP contribution is -2.43. The summed E-state index contributed by atoms with van der Waals surface area (Å²) in [6.45, 7) is 10.2. The Kier molecular flexibility index (Phi) is 6.40. The summed E-state index contributed by atoms with van der Waals surface area (Å²) in [5, 5.41) is 4.29. The van der Waals surface area contributed by atoms with Crippen LogP contribution in [0, 0.1) is 0 Å². The zero-order valence-corrected chi connectivity index (χ0v) is 18.8. The van der Waals surface area contributed by atoms with Gasteiger partial charge in [0, 0.05) is 0 Å². The summed E-state index contributed by atoms with van der Waals surface area (Å²) in [5.74, 6) is 0.329. The van der Waals surface area contributed by atoms with Crippen LogP contribution in [0.1, 0.15) is 41.5 Å². The van der Waals surface area contributed by atoms with Gasteiger partial charge in [-0.25, -0.2) is 19.3 Å². The Morgan fingerprint density at radius 1 is 1.11 bits per heavy atom. The number of nitrogens with zero attached hydrogens (tertiary/aromatic N) is 4. The van der Waals surface area contributed by atoms with E-state index >= 15 is 0 Å². The maximum Gasteiger partial charge on any atom is 0.424 e. The number of rotatable bonds is 2. The Morgan fingerprint density at radius 3 is 2.04 bits per heavy atom. The van der Waals surface area contributed by atoms with Gasteiger partial charge in [0.2, 0.25) is 0 Å². The van der Waals surface area contributed by atoms with Crippen molar-refractivity contribution in [3.8, 4) is 5.82 Å². The van der Waals surface area contributed by atoms with Gasteiger partial charge in [-0.05, 0) is 69.6 Å². The standard InChI is InChI=1S/C18H22BrClN4O4/c1-17(2,3)27-15(25)23(16(26)28-18(4,5)6)11-9-12(20)14(21-10-11)24-13(19)7-8-22-24/h7-10H,1-6H3. The van der Waals surface area contributed by atoms with Gasteiger partial charge in [-0.3, -0.25) is 0 Å². The third kappa shape index (κ3) is 5.68. The minimum absolute atomic E-state index is 0.112. The van der Waals surface area contributed by atoms with Gasteiger partial charge < -0.3 is 9.47 Å². The van der Waals surface area contributed by atoms with E-state index in [1.165, 1.54) is 16.9 Å². The highest BCUT2D eigenvalue weighted by molar-refractivity contribution is 9.10. The van der Waals surface area contributed by atoms with Crippen LogP contribution >= 0.6 is 27.5 Å². The van der Waals surface area contributed by atoms with Crippen LogP contribution in [0.2, 0.25) is 5.02 Å². The van der Waals surface area contributed by atoms with E-state index in [4.69, 9.17) is 21.1 Å². The summed E-state index contributed by atoms with van der Waals surface area (Å²) >= 11 is 9.68. The van der Waals surface area contributed by atoms with Crippen LogP contribution < -0.4 is 4.90 Å². The lowest BCUT2D eigenvalue weighted by molar-refractivity contribution is 0.0430. The van der Waals surface area contributed by atoms with Crippen molar-refractivity contribution in [2.75, 3.05) is 4.90 Å². The van der Waals surface area contributed by atoms with Gasteiger partial charge in [0.05, 0.1) is 23.1 Å². The maximum atomic E-state index is 12.7. The van der Waals surface area contributed by atoms with Crippen molar-refractivity contribution in [1.82, 2.24) is 14.8 Å². The van der Waals surface area contributed by atoms with Gasteiger partial charge in [-0.2, -0.15) is 10.00 Å². The summed E-state index contributed by atoms with van der Waals surface area (Å²) in [5.41, 5.74) is -1.51. The quantitative estimate of drug-likeness (QED) is 0.583. The van der Waals surface area contributed by atoms with Gasteiger partial charge in [0.25, 0.3) is 0 Å². The van der Waals surface area contributed by atoms with Crippen LogP contribution in [0.4, 0.5) is 15.3 Å². The minimum atomic E-state index is -0.896. The van der Waals surface area contributed by atoms with Gasteiger partial charge >= 0.3 is 12.2 Å². The highest BCUT2D eigenvalue weighted by Crippen LogP contribution is 2.28. The number of ether oxygens (including phenoxy) is 2. The van der Waals surface area contributed by atoms with E-state index < -0.39 is 23.4 Å². The summed E-state index contributed by atoms with van der Waals surface area (Å²) in [7, 11) is 0. The number of halogens is 2. The minimum Gasteiger partial charge on any atom is -0.443 e. The van der Waals surface area contributed by atoms with Crippen molar-refractivity contribution in [2.24, 2.45) is 0 Å². The molecule has 0 spiro atoms. The predicted molar refractivity (Wildman–Crippen MR) is 109 cm³/mol. The van der Waals surface area contributed by atoms with Crippen molar-refractivity contribution < 1.29 is 19.1 Å². The molecule has 0 N–H and O–H groups in total. The first kappa shape index (κ1) is 22.2. The second-order valence-corrected chi connectivity index (χ2v) is 9.08. The SMILES string of the molecule is CC(C)(C)OC(=O)N(C(=O)OC(C)(C)C)c1cnc(-n2nccc2Br)c(Cl)c1. The number of pyridine rings is 1. The highest BCUT2D eigenvalue weighted by Gasteiger charge is 2.33. The molecule has 28 heavy (non-hydrogen) atoms. The van der Waals surface area contributed by atoms with Crippen LogP contribution in [0.5, 0.6) is 0 Å². The Morgan fingerprint density at radius 2 is 1.64 bits per heavy atom. The molecule has 2 amide bonds. The fourth-order valence-electron chi connectivity index (χ4n) is 2.04. The van der Waals surface area contributed by atoms with Gasteiger partial charge in [-0.15, -0.1) is 0 Å². The third-order valence-electron chi connectivity index (χ3n) is 3.01. The fourth-order valence-corrected chi connectivity index (χ4v) is 2.66. The van der Waals surface area contributed by atoms with Crippen LogP contribution in [-0.4, -0.2) is 38.2 Å². The second-order valence-electron chi connectivity index (χ2n) is 7.86. The van der Waals surface area contributed by atoms with Gasteiger partial charge in [-0.1, -0.05) is 11.6 Å². The number of hydrogen-bond donors (Lipinski definition) is 0. The molecule has 0 fully saturated rings. The van der Waals surface area contributed by atoms with Crippen molar-refractivity contribution >= 4 is 45.4 Å². The molecule has 2 heterocycles. The van der Waals surface area contributed by atoms with Crippen molar-refractivity contribution in [3.05, 3.63) is 34.2 Å². The second kappa shape index (κ2) is 8.08. The van der Waals surface area contributed by atoms with Crippen LogP contribution in [-0.2, 0) is 9.47 Å². The monoisotopic (exact) mass is 472 g/mol. The molecule has 8 nitrogen and oxygen atoms in total. The third-order valence-corrected chi connectivity index (χ3v) is 3.89. The van der Waals surface area contributed by atoms with Crippen molar-refractivity contribution in [3.63, 3.8) is 0 Å². The molecule has 0 unspecified atom stereocenters. The molecule has 0 bridgehead atoms. The lowest BCUT2D eigenvalue weighted by Gasteiger charge is -2.28. The van der Waals surface area contributed by atoms with E-state index in [-0.39, 0.29) is 10.7 Å². The Balaban J connectivity index is 2.45. The topological polar surface area (TPSA) is 86.5 Å². The number of imide groups is 1. The molecule has 0 saturated heterocycles. The molecule has 152 valence electrons. The molecule has 0 radical (unpaired) electrons. The fraction of sp³-hybridized carbons (Fsp3) is 0.444. The van der Waals surface area contributed by atoms with Gasteiger partial charge in [0.1, 0.15) is 15.8 Å². The number of carbonyl (C=O) groups is 2. The first-order chi connectivity index (χ1) is 12.8. The highest BCUT2D eigenvalue weighted by atomic mass is 79.9. The van der Waals surface area contributed by atoms with Crippen LogP contribution in [0.3, 0.4) is 0 Å². The maximum absolute atomic E-state index is 12.7. The summed E-state index contributed by atoms with van der Waals surface area (Å²) in [6, 6.07) is 3.14. The zero-order valence-electron chi connectivity index (χ0n) is 16.5. The number of anilines is 1. The Labute approximate surface area is 176 Å². The Hall–Kier alpha value is -2.13.